The second-order valence-corrected chi connectivity index (χ2v) is 18.2. The Bertz CT molecular complexity index is 1190. The third-order valence-electron chi connectivity index (χ3n) is 14.4. The van der Waals surface area contributed by atoms with Crippen molar-refractivity contribution in [2.24, 2.45) is 47.3 Å². The summed E-state index contributed by atoms with van der Waals surface area (Å²) >= 11 is 0. The Balaban J connectivity index is 1.08. The Labute approximate surface area is 268 Å². The maximum atomic E-state index is 13.3. The number of fused-ring (bicyclic) bond motifs is 20. The summed E-state index contributed by atoms with van der Waals surface area (Å²) in [4.78, 5) is 1.73. The Morgan fingerprint density at radius 3 is 1.02 bits per heavy atom. The van der Waals surface area contributed by atoms with Crippen molar-refractivity contribution in [3.63, 3.8) is 0 Å². The Kier molecular flexibility index (Phi) is 8.26. The fourth-order valence-corrected chi connectivity index (χ4v) is 13.8. The van der Waals surface area contributed by atoms with Crippen LogP contribution < -0.4 is 47.4 Å². The minimum Gasteiger partial charge on any atom is -0.302 e. The monoisotopic (exact) mass is 647 g/mol. The summed E-state index contributed by atoms with van der Waals surface area (Å²) in [5, 5.41) is 41.7. The van der Waals surface area contributed by atoms with E-state index in [0.29, 0.717) is 54.3 Å². The number of nitrogens with one attached hydrogen (secondary N) is 9. The second kappa shape index (κ2) is 12.2. The zero-order valence-corrected chi connectivity index (χ0v) is 27.4. The molecule has 9 fully saturated rings. The fourth-order valence-electron chi connectivity index (χ4n) is 12.4. The maximum Gasteiger partial charge on any atom is 0.236 e. The number of hydrogen-bond acceptors (Lipinski definition) is 11. The first-order chi connectivity index (χ1) is 22.0. The van der Waals surface area contributed by atoms with Crippen molar-refractivity contribution >= 4 is 10.0 Å². The molecule has 0 aromatic heterocycles. The molecule has 4 aliphatic carbocycles. The molecule has 17 unspecified atom stereocenters. The Hall–Kier alpha value is -0.450. The van der Waals surface area contributed by atoms with Gasteiger partial charge >= 0.3 is 0 Å². The number of sulfonamides is 1. The third-order valence-corrected chi connectivity index (χ3v) is 16.0. The van der Waals surface area contributed by atoms with E-state index < -0.39 is 15.3 Å². The van der Waals surface area contributed by atoms with E-state index in [4.69, 9.17) is 0 Å². The van der Waals surface area contributed by atoms with Crippen LogP contribution in [0.3, 0.4) is 0 Å². The van der Waals surface area contributed by atoms with E-state index in [9.17, 15) is 13.6 Å². The van der Waals surface area contributed by atoms with Gasteiger partial charge in [-0.05, 0) is 92.8 Å². The largest absolute Gasteiger partial charge is 0.302 e. The van der Waals surface area contributed by atoms with Crippen LogP contribution in [-0.2, 0) is 10.0 Å². The van der Waals surface area contributed by atoms with Gasteiger partial charge in [-0.25, -0.2) is 8.42 Å². The average Bonchev–Trinajstić information content (AvgIpc) is 3.80. The van der Waals surface area contributed by atoms with Gasteiger partial charge in [-0.1, -0.05) is 49.8 Å². The zero-order chi connectivity index (χ0) is 30.3. The molecule has 17 atom stereocenters. The lowest BCUT2D eigenvalue weighted by Gasteiger charge is -2.38. The Morgan fingerprint density at radius 1 is 0.400 bits per heavy atom. The van der Waals surface area contributed by atoms with Gasteiger partial charge in [-0.3, -0.25) is 42.5 Å². The van der Waals surface area contributed by atoms with Gasteiger partial charge in [-0.15, -0.1) is 0 Å². The van der Waals surface area contributed by atoms with Crippen molar-refractivity contribution in [3.05, 3.63) is 0 Å². The van der Waals surface area contributed by atoms with E-state index in [-0.39, 0.29) is 48.8 Å². The molecule has 0 aromatic rings. The Morgan fingerprint density at radius 2 is 0.689 bits per heavy atom. The molecule has 13 heteroatoms. The predicted molar refractivity (Wildman–Crippen MR) is 170 cm³/mol. The van der Waals surface area contributed by atoms with Crippen LogP contribution in [0.15, 0.2) is 0 Å². The van der Waals surface area contributed by atoms with Crippen LogP contribution in [0.1, 0.15) is 96.3 Å². The SMILES string of the molecule is O=S(=O)(NO)C1CCCC2C3NC4NC(NC5NC(NC6NC(NC(N3)C21)C1CCCCC61)C1CCCCC51)C1CCCCC41. The lowest BCUT2D eigenvalue weighted by atomic mass is 9.76. The molecule has 5 aliphatic heterocycles. The van der Waals surface area contributed by atoms with Crippen LogP contribution in [-0.4, -0.2) is 68.2 Å². The summed E-state index contributed by atoms with van der Waals surface area (Å²) in [5.74, 6) is 3.52. The van der Waals surface area contributed by atoms with E-state index >= 15 is 0 Å². The van der Waals surface area contributed by atoms with Crippen molar-refractivity contribution < 1.29 is 13.6 Å². The van der Waals surface area contributed by atoms with Crippen LogP contribution in [0.4, 0.5) is 0 Å². The van der Waals surface area contributed by atoms with Crippen molar-refractivity contribution in [1.29, 1.82) is 0 Å². The van der Waals surface area contributed by atoms with Crippen molar-refractivity contribution in [2.45, 2.75) is 151 Å². The lowest BCUT2D eigenvalue weighted by Crippen LogP contribution is -2.62. The molecule has 9 aliphatic rings. The van der Waals surface area contributed by atoms with Gasteiger partial charge in [0.2, 0.25) is 10.0 Å². The minimum absolute atomic E-state index is 0.00474. The molecule has 0 radical (unpaired) electrons. The van der Waals surface area contributed by atoms with Gasteiger partial charge in [0.05, 0.1) is 54.6 Å². The van der Waals surface area contributed by atoms with Crippen molar-refractivity contribution in [1.82, 2.24) is 47.4 Å². The molecule has 4 saturated carbocycles. The van der Waals surface area contributed by atoms with Crippen LogP contribution >= 0.6 is 0 Å². The normalized spacial score (nSPS) is 54.6. The smallest absolute Gasteiger partial charge is 0.236 e. The molecule has 12 nitrogen and oxygen atoms in total. The molecule has 9 rings (SSSR count). The van der Waals surface area contributed by atoms with Gasteiger partial charge in [0.15, 0.2) is 0 Å². The molecule has 8 bridgehead atoms. The molecule has 5 heterocycles. The van der Waals surface area contributed by atoms with Gasteiger partial charge in [0.25, 0.3) is 0 Å². The lowest BCUT2D eigenvalue weighted by molar-refractivity contribution is 0.166. The van der Waals surface area contributed by atoms with E-state index in [1.54, 1.807) is 4.89 Å². The van der Waals surface area contributed by atoms with Gasteiger partial charge in [0, 0.05) is 5.92 Å². The highest BCUT2D eigenvalue weighted by atomic mass is 32.2. The summed E-state index contributed by atoms with van der Waals surface area (Å²) in [6.45, 7) is 0. The molecule has 45 heavy (non-hydrogen) atoms. The van der Waals surface area contributed by atoms with Crippen LogP contribution in [0.5, 0.6) is 0 Å². The fraction of sp³-hybridized carbons (Fsp3) is 1.00. The summed E-state index contributed by atoms with van der Waals surface area (Å²) in [7, 11) is -3.84. The molecule has 10 N–H and O–H groups in total. The molecule has 0 aromatic carbocycles. The number of hydrogen-bond donors (Lipinski definition) is 10. The van der Waals surface area contributed by atoms with Crippen molar-refractivity contribution in [2.75, 3.05) is 0 Å². The molecule has 254 valence electrons. The third kappa shape index (κ3) is 5.26. The minimum atomic E-state index is -3.84. The first-order valence-corrected chi connectivity index (χ1v) is 20.3. The molecule has 5 saturated heterocycles. The van der Waals surface area contributed by atoms with E-state index in [2.05, 4.69) is 42.5 Å². The summed E-state index contributed by atoms with van der Waals surface area (Å²) in [6, 6.07) is 0. The number of rotatable bonds is 2. The highest BCUT2D eigenvalue weighted by Gasteiger charge is 2.57. The summed E-state index contributed by atoms with van der Waals surface area (Å²) in [5.41, 5.74) is 0. The van der Waals surface area contributed by atoms with Gasteiger partial charge in [-0.2, -0.15) is 0 Å². The predicted octanol–water partition coefficient (Wildman–Crippen LogP) is 0.893. The van der Waals surface area contributed by atoms with Crippen LogP contribution in [0.2, 0.25) is 0 Å². The van der Waals surface area contributed by atoms with Gasteiger partial charge < -0.3 is 5.21 Å². The molecular weight excluding hydrogens is 590 g/mol. The quantitative estimate of drug-likeness (QED) is 0.194. The molecular formula is C32H57N9O3S. The molecule has 0 amide bonds. The van der Waals surface area contributed by atoms with E-state index in [0.717, 1.165) is 12.8 Å². The first-order valence-electron chi connectivity index (χ1n) is 18.7. The first kappa shape index (κ1) is 30.6. The summed E-state index contributed by atoms with van der Waals surface area (Å²) in [6.07, 6.45) is 18.9. The van der Waals surface area contributed by atoms with E-state index in [1.165, 1.54) is 77.0 Å². The van der Waals surface area contributed by atoms with Crippen molar-refractivity contribution in [3.8, 4) is 0 Å². The van der Waals surface area contributed by atoms with Gasteiger partial charge in [0.1, 0.15) is 0 Å². The topological polar surface area (TPSA) is 163 Å². The van der Waals surface area contributed by atoms with E-state index in [1.807, 2.05) is 0 Å². The average molecular weight is 648 g/mol. The maximum absolute atomic E-state index is 13.3. The molecule has 0 spiro atoms. The standard InChI is InChI=1S/C32H57N9O3S/c42-41-45(43,44)23-15-7-14-22-24(23)32-39-30-21-13-6-5-12-20(21)28(37-30)35-26-17-9-2-1-8-16(17)25(33-26)34-27-18-10-3-4-11-19(18)29(36-27)38-31(22)40-32/h16-42H,1-15H2. The summed E-state index contributed by atoms with van der Waals surface area (Å²) < 4.78 is 26.5. The second-order valence-electron chi connectivity index (χ2n) is 16.3. The van der Waals surface area contributed by atoms with Crippen LogP contribution in [0.25, 0.3) is 0 Å². The highest BCUT2D eigenvalue weighted by Crippen LogP contribution is 2.46. The van der Waals surface area contributed by atoms with Crippen LogP contribution in [0, 0.1) is 47.3 Å². The zero-order valence-electron chi connectivity index (χ0n) is 26.6. The highest BCUT2D eigenvalue weighted by molar-refractivity contribution is 7.89.